The first-order chi connectivity index (χ1) is 18.7. The smallest absolute Gasteiger partial charge is 0.395 e. The monoisotopic (exact) mass is 548 g/mol. The number of hydrogen-bond donors (Lipinski definition) is 1. The Bertz CT molecular complexity index is 1140. The first-order valence-electron chi connectivity index (χ1n) is 13.9. The highest BCUT2D eigenvalue weighted by atomic mass is 19.4. The molecule has 2 aromatic carbocycles. The van der Waals surface area contributed by atoms with Crippen LogP contribution in [0.2, 0.25) is 0 Å². The van der Waals surface area contributed by atoms with Gasteiger partial charge in [-0.25, -0.2) is 4.39 Å². The second kappa shape index (κ2) is 11.5. The van der Waals surface area contributed by atoms with Crippen molar-refractivity contribution in [2.24, 2.45) is 11.3 Å². The molecule has 0 aromatic heterocycles. The fourth-order valence-electron chi connectivity index (χ4n) is 6.14. The number of halogens is 4. The number of carbonyl (C=O) groups is 1. The van der Waals surface area contributed by atoms with Crippen molar-refractivity contribution in [2.75, 3.05) is 39.4 Å². The molecule has 1 N–H and O–H groups in total. The minimum atomic E-state index is -4.15. The van der Waals surface area contributed by atoms with Gasteiger partial charge >= 0.3 is 6.18 Å². The molecule has 0 bridgehead atoms. The maximum absolute atomic E-state index is 14.9. The zero-order valence-electron chi connectivity index (χ0n) is 22.1. The van der Waals surface area contributed by atoms with Gasteiger partial charge in [0.05, 0.1) is 24.7 Å². The summed E-state index contributed by atoms with van der Waals surface area (Å²) in [5, 5.41) is 9.49. The van der Waals surface area contributed by atoms with Crippen LogP contribution >= 0.6 is 0 Å². The summed E-state index contributed by atoms with van der Waals surface area (Å²) >= 11 is 0. The number of aliphatic hydroxyl groups is 1. The molecule has 0 radical (unpaired) electrons. The van der Waals surface area contributed by atoms with Gasteiger partial charge < -0.3 is 19.6 Å². The van der Waals surface area contributed by atoms with E-state index >= 15 is 0 Å². The second-order valence-corrected chi connectivity index (χ2v) is 11.4. The third-order valence-corrected chi connectivity index (χ3v) is 8.87. The molecule has 9 heteroatoms. The fourth-order valence-corrected chi connectivity index (χ4v) is 6.14. The van der Waals surface area contributed by atoms with E-state index < -0.39 is 17.4 Å². The Hall–Kier alpha value is -2.65. The Labute approximate surface area is 226 Å². The van der Waals surface area contributed by atoms with Crippen molar-refractivity contribution >= 4 is 5.91 Å². The first kappa shape index (κ1) is 27.9. The maximum Gasteiger partial charge on any atom is 0.395 e. The van der Waals surface area contributed by atoms with Gasteiger partial charge in [-0.05, 0) is 92.9 Å². The van der Waals surface area contributed by atoms with Crippen LogP contribution < -0.4 is 4.74 Å². The van der Waals surface area contributed by atoms with E-state index in [4.69, 9.17) is 4.74 Å². The molecule has 1 amide bonds. The van der Waals surface area contributed by atoms with Crippen LogP contribution in [0.4, 0.5) is 17.6 Å². The van der Waals surface area contributed by atoms with Gasteiger partial charge in [0, 0.05) is 18.7 Å². The predicted molar refractivity (Wildman–Crippen MR) is 140 cm³/mol. The molecule has 2 aliphatic heterocycles. The van der Waals surface area contributed by atoms with E-state index in [2.05, 4.69) is 0 Å². The molecule has 5 rings (SSSR count). The zero-order chi connectivity index (χ0) is 27.6. The number of piperidine rings is 1. The van der Waals surface area contributed by atoms with E-state index in [1.807, 2.05) is 4.90 Å². The van der Waals surface area contributed by atoms with Crippen LogP contribution in [0.15, 0.2) is 42.5 Å². The topological polar surface area (TPSA) is 53.0 Å². The molecule has 3 aliphatic rings. The molecule has 2 saturated heterocycles. The van der Waals surface area contributed by atoms with Crippen molar-refractivity contribution in [1.29, 1.82) is 0 Å². The van der Waals surface area contributed by atoms with Crippen LogP contribution in [-0.2, 0) is 0 Å². The minimum absolute atomic E-state index is 0.0424. The summed E-state index contributed by atoms with van der Waals surface area (Å²) in [6.45, 7) is 2.21. The molecule has 0 spiro atoms. The fraction of sp³-hybridized carbons (Fsp3) is 0.567. The molecule has 0 unspecified atom stereocenters. The molecule has 3 fully saturated rings. The molecule has 1 atom stereocenters. The SMILES string of the molecule is O=C(c1ccc(-c2ccc(OCC3CCN(CC4(C(F)(F)F)CCC4)CC3)c(F)c2)cc1)N1CCC[C@@H]1CO. The normalized spacial score (nSPS) is 22.1. The molecule has 1 aliphatic carbocycles. The summed E-state index contributed by atoms with van der Waals surface area (Å²) < 4.78 is 61.1. The molecule has 2 aromatic rings. The number of benzene rings is 2. The van der Waals surface area contributed by atoms with E-state index in [0.717, 1.165) is 31.2 Å². The highest BCUT2D eigenvalue weighted by Gasteiger charge is 2.58. The molecule has 39 heavy (non-hydrogen) atoms. The van der Waals surface area contributed by atoms with Crippen LogP contribution in [0.3, 0.4) is 0 Å². The number of ether oxygens (including phenoxy) is 1. The Morgan fingerprint density at radius 3 is 2.26 bits per heavy atom. The van der Waals surface area contributed by atoms with Gasteiger partial charge in [-0.15, -0.1) is 0 Å². The average molecular weight is 549 g/mol. The molecule has 212 valence electrons. The van der Waals surface area contributed by atoms with Gasteiger partial charge in [0.15, 0.2) is 11.6 Å². The van der Waals surface area contributed by atoms with E-state index in [-0.39, 0.29) is 49.6 Å². The van der Waals surface area contributed by atoms with E-state index in [0.29, 0.717) is 43.8 Å². The third kappa shape index (κ3) is 5.94. The summed E-state index contributed by atoms with van der Waals surface area (Å²) in [5.41, 5.74) is 0.434. The largest absolute Gasteiger partial charge is 0.490 e. The van der Waals surface area contributed by atoms with E-state index in [9.17, 15) is 27.5 Å². The molecular weight excluding hydrogens is 512 g/mol. The third-order valence-electron chi connectivity index (χ3n) is 8.87. The van der Waals surface area contributed by atoms with Crippen molar-refractivity contribution in [1.82, 2.24) is 9.80 Å². The summed E-state index contributed by atoms with van der Waals surface area (Å²) in [6.07, 6.45) is 0.0851. The van der Waals surface area contributed by atoms with Crippen molar-refractivity contribution in [3.8, 4) is 16.9 Å². The molecule has 1 saturated carbocycles. The summed E-state index contributed by atoms with van der Waals surface area (Å²) in [6, 6.07) is 11.7. The van der Waals surface area contributed by atoms with Gasteiger partial charge in [-0.3, -0.25) is 4.79 Å². The lowest BCUT2D eigenvalue weighted by Crippen LogP contribution is -2.53. The van der Waals surface area contributed by atoms with Crippen LogP contribution in [0.1, 0.15) is 55.3 Å². The van der Waals surface area contributed by atoms with Gasteiger partial charge in [0.1, 0.15) is 0 Å². The Morgan fingerprint density at radius 1 is 0.974 bits per heavy atom. The van der Waals surface area contributed by atoms with Crippen LogP contribution in [0.25, 0.3) is 11.1 Å². The highest BCUT2D eigenvalue weighted by Crippen LogP contribution is 2.53. The number of alkyl halides is 3. The van der Waals surface area contributed by atoms with Crippen molar-refractivity contribution in [3.05, 3.63) is 53.8 Å². The van der Waals surface area contributed by atoms with Crippen molar-refractivity contribution < 1.29 is 32.2 Å². The maximum atomic E-state index is 14.9. The van der Waals surface area contributed by atoms with Gasteiger partial charge in [-0.1, -0.05) is 24.6 Å². The van der Waals surface area contributed by atoms with Crippen molar-refractivity contribution in [3.63, 3.8) is 0 Å². The Morgan fingerprint density at radius 2 is 1.67 bits per heavy atom. The summed E-state index contributed by atoms with van der Waals surface area (Å²) in [7, 11) is 0. The first-order valence-corrected chi connectivity index (χ1v) is 13.9. The van der Waals surface area contributed by atoms with Gasteiger partial charge in [-0.2, -0.15) is 13.2 Å². The zero-order valence-corrected chi connectivity index (χ0v) is 22.1. The van der Waals surface area contributed by atoms with Gasteiger partial charge in [0.2, 0.25) is 0 Å². The number of rotatable bonds is 8. The number of hydrogen-bond acceptors (Lipinski definition) is 4. The Balaban J connectivity index is 1.12. The number of nitrogens with zero attached hydrogens (tertiary/aromatic N) is 2. The lowest BCUT2D eigenvalue weighted by molar-refractivity contribution is -0.256. The van der Waals surface area contributed by atoms with Gasteiger partial charge in [0.25, 0.3) is 5.91 Å². The molecule has 5 nitrogen and oxygen atoms in total. The van der Waals surface area contributed by atoms with E-state index in [1.54, 1.807) is 41.3 Å². The lowest BCUT2D eigenvalue weighted by Gasteiger charge is -2.47. The second-order valence-electron chi connectivity index (χ2n) is 11.4. The molecular formula is C30H36F4N2O3. The predicted octanol–water partition coefficient (Wildman–Crippen LogP) is 5.91. The van der Waals surface area contributed by atoms with Crippen LogP contribution in [-0.4, -0.2) is 72.4 Å². The summed E-state index contributed by atoms with van der Waals surface area (Å²) in [4.78, 5) is 16.4. The standard InChI is InChI=1S/C30H36F4N2O3/c31-26-17-24(22-4-6-23(7-5-22)28(38)36-14-1-3-25(36)18-37)8-9-27(26)39-19-21-10-15-35(16-11-21)20-29(12-2-13-29)30(32,33)34/h4-9,17,21,25,37H,1-3,10-16,18-20H2/t25-/m1/s1. The molecule has 2 heterocycles. The number of carbonyl (C=O) groups excluding carboxylic acids is 1. The van der Waals surface area contributed by atoms with Crippen LogP contribution in [0, 0.1) is 17.2 Å². The Kier molecular flexibility index (Phi) is 8.19. The quantitative estimate of drug-likeness (QED) is 0.417. The number of amides is 1. The number of likely N-dealkylation sites (tertiary alicyclic amines) is 2. The number of aliphatic hydroxyl groups excluding tert-OH is 1. The minimum Gasteiger partial charge on any atom is -0.490 e. The lowest BCUT2D eigenvalue weighted by atomic mass is 9.67. The van der Waals surface area contributed by atoms with E-state index in [1.165, 1.54) is 6.07 Å². The van der Waals surface area contributed by atoms with Crippen molar-refractivity contribution in [2.45, 2.75) is 57.2 Å². The highest BCUT2D eigenvalue weighted by molar-refractivity contribution is 5.95. The average Bonchev–Trinajstić information content (AvgIpc) is 3.39. The summed E-state index contributed by atoms with van der Waals surface area (Å²) in [5.74, 6) is -0.260. The van der Waals surface area contributed by atoms with Crippen LogP contribution in [0.5, 0.6) is 5.75 Å².